The van der Waals surface area contributed by atoms with Crippen molar-refractivity contribution in [1.82, 2.24) is 25.1 Å². The van der Waals surface area contributed by atoms with E-state index in [4.69, 9.17) is 0 Å². The second-order valence-corrected chi connectivity index (χ2v) is 4.73. The third kappa shape index (κ3) is 2.75. The molecule has 84 valence electrons. The first-order valence-electron chi connectivity index (χ1n) is 5.32. The minimum Gasteiger partial charge on any atom is -0.292 e. The zero-order valence-corrected chi connectivity index (χ0v) is 10.5. The molecule has 0 atom stereocenters. The van der Waals surface area contributed by atoms with Crippen LogP contribution in [0.3, 0.4) is 0 Å². The van der Waals surface area contributed by atoms with Gasteiger partial charge in [-0.05, 0) is 18.1 Å². The lowest BCUT2D eigenvalue weighted by Crippen LogP contribution is -2.40. The van der Waals surface area contributed by atoms with Gasteiger partial charge in [-0.2, -0.15) is 4.80 Å². The van der Waals surface area contributed by atoms with Crippen LogP contribution >= 0.6 is 15.9 Å². The first-order valence-corrected chi connectivity index (χ1v) is 6.44. The van der Waals surface area contributed by atoms with Crippen molar-refractivity contribution in [3.8, 4) is 0 Å². The lowest BCUT2D eigenvalue weighted by atomic mass is 9.91. The number of tetrazole rings is 1. The van der Waals surface area contributed by atoms with E-state index in [-0.39, 0.29) is 0 Å². The Labute approximate surface area is 98.0 Å². The fourth-order valence-electron chi connectivity index (χ4n) is 1.82. The standard InChI is InChI=1S/C9H16BrN5/c1-14-12-9(11-13-14)7-15(6-5-10)8-3-2-4-8/h8H,2-7H2,1H3. The van der Waals surface area contributed by atoms with Crippen molar-refractivity contribution in [2.45, 2.75) is 31.8 Å². The number of nitrogens with zero attached hydrogens (tertiary/aromatic N) is 5. The topological polar surface area (TPSA) is 46.8 Å². The zero-order chi connectivity index (χ0) is 10.7. The van der Waals surface area contributed by atoms with Gasteiger partial charge in [0.05, 0.1) is 13.6 Å². The van der Waals surface area contributed by atoms with E-state index in [2.05, 4.69) is 36.2 Å². The second kappa shape index (κ2) is 5.03. The molecule has 1 saturated carbocycles. The highest BCUT2D eigenvalue weighted by Crippen LogP contribution is 2.25. The average molecular weight is 274 g/mol. The Bertz CT molecular complexity index is 309. The third-order valence-electron chi connectivity index (χ3n) is 2.86. The first kappa shape index (κ1) is 11.0. The molecule has 0 bridgehead atoms. The summed E-state index contributed by atoms with van der Waals surface area (Å²) in [5.41, 5.74) is 0. The van der Waals surface area contributed by atoms with Crippen LogP contribution in [0.5, 0.6) is 0 Å². The van der Waals surface area contributed by atoms with Gasteiger partial charge >= 0.3 is 0 Å². The molecular formula is C9H16BrN5. The van der Waals surface area contributed by atoms with Crippen LogP contribution in [0.4, 0.5) is 0 Å². The van der Waals surface area contributed by atoms with Crippen LogP contribution in [-0.2, 0) is 13.6 Å². The summed E-state index contributed by atoms with van der Waals surface area (Å²) in [5.74, 6) is 0.824. The molecule has 1 fully saturated rings. The normalized spacial score (nSPS) is 17.0. The van der Waals surface area contributed by atoms with Crippen LogP contribution < -0.4 is 0 Å². The number of aromatic nitrogens is 4. The zero-order valence-electron chi connectivity index (χ0n) is 8.93. The van der Waals surface area contributed by atoms with Crippen molar-refractivity contribution in [3.05, 3.63) is 5.82 Å². The molecule has 2 rings (SSSR count). The van der Waals surface area contributed by atoms with Crippen molar-refractivity contribution in [3.63, 3.8) is 0 Å². The molecule has 0 N–H and O–H groups in total. The molecule has 0 aliphatic heterocycles. The van der Waals surface area contributed by atoms with Gasteiger partial charge in [-0.1, -0.05) is 22.4 Å². The van der Waals surface area contributed by atoms with Crippen LogP contribution in [0.15, 0.2) is 0 Å². The molecule has 1 aliphatic rings. The van der Waals surface area contributed by atoms with E-state index < -0.39 is 0 Å². The van der Waals surface area contributed by atoms with Gasteiger partial charge in [0, 0.05) is 17.9 Å². The Hall–Kier alpha value is -0.490. The van der Waals surface area contributed by atoms with E-state index in [1.54, 1.807) is 7.05 Å². The smallest absolute Gasteiger partial charge is 0.188 e. The summed E-state index contributed by atoms with van der Waals surface area (Å²) in [6, 6.07) is 0.728. The molecule has 6 heteroatoms. The molecule has 5 nitrogen and oxygen atoms in total. The predicted octanol–water partition coefficient (Wildman–Crippen LogP) is 0.960. The van der Waals surface area contributed by atoms with Crippen LogP contribution in [-0.4, -0.2) is 43.0 Å². The molecule has 0 saturated heterocycles. The predicted molar refractivity (Wildman–Crippen MR) is 60.6 cm³/mol. The molecule has 0 spiro atoms. The average Bonchev–Trinajstić information content (AvgIpc) is 2.48. The molecule has 1 aliphatic carbocycles. The SMILES string of the molecule is Cn1nnc(CN(CCBr)C2CCC2)n1. The molecule has 0 radical (unpaired) electrons. The van der Waals surface area contributed by atoms with Crippen molar-refractivity contribution in [2.75, 3.05) is 11.9 Å². The maximum Gasteiger partial charge on any atom is 0.188 e. The van der Waals surface area contributed by atoms with Crippen molar-refractivity contribution < 1.29 is 0 Å². The lowest BCUT2D eigenvalue weighted by Gasteiger charge is -2.36. The fourth-order valence-corrected chi connectivity index (χ4v) is 2.27. The van der Waals surface area contributed by atoms with Crippen molar-refractivity contribution in [1.29, 1.82) is 0 Å². The number of alkyl halides is 1. The highest BCUT2D eigenvalue weighted by Gasteiger charge is 2.25. The Morgan fingerprint density at radius 1 is 1.53 bits per heavy atom. The molecule has 1 heterocycles. The Morgan fingerprint density at radius 3 is 2.80 bits per heavy atom. The monoisotopic (exact) mass is 273 g/mol. The molecule has 0 aromatic carbocycles. The molecule has 0 amide bonds. The molecule has 0 unspecified atom stereocenters. The quantitative estimate of drug-likeness (QED) is 0.750. The summed E-state index contributed by atoms with van der Waals surface area (Å²) in [5, 5.41) is 13.1. The van der Waals surface area contributed by atoms with Gasteiger partial charge in [0.1, 0.15) is 0 Å². The summed E-state index contributed by atoms with van der Waals surface area (Å²) in [6.07, 6.45) is 3.98. The highest BCUT2D eigenvalue weighted by molar-refractivity contribution is 9.09. The molecule has 1 aromatic heterocycles. The Morgan fingerprint density at radius 2 is 2.33 bits per heavy atom. The van der Waals surface area contributed by atoms with Crippen molar-refractivity contribution in [2.24, 2.45) is 7.05 Å². The summed E-state index contributed by atoms with van der Waals surface area (Å²) in [7, 11) is 1.80. The maximum absolute atomic E-state index is 4.21. The van der Waals surface area contributed by atoms with Crippen LogP contribution in [0.1, 0.15) is 25.1 Å². The van der Waals surface area contributed by atoms with Crippen molar-refractivity contribution >= 4 is 15.9 Å². The minimum absolute atomic E-state index is 0.728. The fraction of sp³-hybridized carbons (Fsp3) is 0.889. The largest absolute Gasteiger partial charge is 0.292 e. The number of hydrogen-bond acceptors (Lipinski definition) is 4. The maximum atomic E-state index is 4.21. The highest BCUT2D eigenvalue weighted by atomic mass is 79.9. The van der Waals surface area contributed by atoms with Gasteiger partial charge < -0.3 is 0 Å². The first-order chi connectivity index (χ1) is 7.29. The third-order valence-corrected chi connectivity index (χ3v) is 3.21. The van der Waals surface area contributed by atoms with E-state index >= 15 is 0 Å². The van der Waals surface area contributed by atoms with E-state index in [1.807, 2.05) is 0 Å². The van der Waals surface area contributed by atoms with E-state index in [1.165, 1.54) is 24.1 Å². The van der Waals surface area contributed by atoms with Crippen LogP contribution in [0.25, 0.3) is 0 Å². The van der Waals surface area contributed by atoms with Gasteiger partial charge in [-0.25, -0.2) is 0 Å². The van der Waals surface area contributed by atoms with E-state index in [0.29, 0.717) is 0 Å². The molecular weight excluding hydrogens is 258 g/mol. The summed E-state index contributed by atoms with van der Waals surface area (Å²) < 4.78 is 0. The number of halogens is 1. The van der Waals surface area contributed by atoms with Crippen LogP contribution in [0, 0.1) is 0 Å². The van der Waals surface area contributed by atoms with Gasteiger partial charge in [0.2, 0.25) is 0 Å². The lowest BCUT2D eigenvalue weighted by molar-refractivity contribution is 0.125. The molecule has 15 heavy (non-hydrogen) atoms. The summed E-state index contributed by atoms with van der Waals surface area (Å²) in [4.78, 5) is 3.96. The summed E-state index contributed by atoms with van der Waals surface area (Å²) in [6.45, 7) is 1.88. The number of aryl methyl sites for hydroxylation is 1. The van der Waals surface area contributed by atoms with Gasteiger partial charge in [-0.3, -0.25) is 4.90 Å². The Balaban J connectivity index is 1.93. The number of hydrogen-bond donors (Lipinski definition) is 0. The van der Waals surface area contributed by atoms with Crippen LogP contribution in [0.2, 0.25) is 0 Å². The van der Waals surface area contributed by atoms with E-state index in [9.17, 15) is 0 Å². The van der Waals surface area contributed by atoms with E-state index in [0.717, 1.165) is 30.3 Å². The van der Waals surface area contributed by atoms with Gasteiger partial charge in [-0.15, -0.1) is 10.2 Å². The molecule has 1 aromatic rings. The number of rotatable bonds is 5. The minimum atomic E-state index is 0.728. The second-order valence-electron chi connectivity index (χ2n) is 3.94. The Kier molecular flexibility index (Phi) is 3.69. The van der Waals surface area contributed by atoms with Gasteiger partial charge in [0.25, 0.3) is 0 Å². The summed E-state index contributed by atoms with van der Waals surface area (Å²) >= 11 is 3.49. The van der Waals surface area contributed by atoms with Gasteiger partial charge in [0.15, 0.2) is 5.82 Å².